The van der Waals surface area contributed by atoms with E-state index in [-0.39, 0.29) is 11.4 Å². The Morgan fingerprint density at radius 2 is 1.88 bits per heavy atom. The summed E-state index contributed by atoms with van der Waals surface area (Å²) in [5, 5.41) is 5.51. The lowest BCUT2D eigenvalue weighted by Crippen LogP contribution is -2.08. The molecule has 0 saturated carbocycles. The third-order valence-electron chi connectivity index (χ3n) is 4.03. The molecule has 4 nitrogen and oxygen atoms in total. The Labute approximate surface area is 137 Å². The summed E-state index contributed by atoms with van der Waals surface area (Å²) in [6, 6.07) is 15.9. The highest BCUT2D eigenvalue weighted by Gasteiger charge is 2.07. The summed E-state index contributed by atoms with van der Waals surface area (Å²) in [7, 11) is 0. The van der Waals surface area contributed by atoms with E-state index in [2.05, 4.69) is 15.3 Å². The Morgan fingerprint density at radius 3 is 2.75 bits per heavy atom. The summed E-state index contributed by atoms with van der Waals surface area (Å²) in [6.45, 7) is 0.373. The molecule has 0 unspecified atom stereocenters. The minimum atomic E-state index is -0.239. The lowest BCUT2D eigenvalue weighted by Gasteiger charge is -2.09. The fraction of sp³-hybridized carbons (Fsp3) is 0.0526. The van der Waals surface area contributed by atoms with Crippen LogP contribution in [-0.4, -0.2) is 9.97 Å². The predicted molar refractivity (Wildman–Crippen MR) is 93.6 cm³/mol. The van der Waals surface area contributed by atoms with E-state index in [1.165, 1.54) is 6.07 Å². The molecular formula is C19H14FN3O. The zero-order valence-corrected chi connectivity index (χ0v) is 12.7. The number of rotatable bonds is 3. The third kappa shape index (κ3) is 2.50. The average molecular weight is 319 g/mol. The van der Waals surface area contributed by atoms with Crippen molar-refractivity contribution < 1.29 is 4.39 Å². The molecule has 0 aliphatic heterocycles. The van der Waals surface area contributed by atoms with E-state index >= 15 is 0 Å². The maximum absolute atomic E-state index is 13.7. The maximum atomic E-state index is 13.7. The minimum absolute atomic E-state index is 0.170. The molecule has 0 atom stereocenters. The summed E-state index contributed by atoms with van der Waals surface area (Å²) in [6.07, 6.45) is 1.64. The number of anilines is 1. The van der Waals surface area contributed by atoms with Crippen LogP contribution in [0.4, 0.5) is 10.1 Å². The van der Waals surface area contributed by atoms with E-state index in [0.29, 0.717) is 23.1 Å². The molecular weight excluding hydrogens is 305 g/mol. The molecule has 0 fully saturated rings. The molecule has 0 aliphatic carbocycles. The summed E-state index contributed by atoms with van der Waals surface area (Å²) < 4.78 is 13.7. The van der Waals surface area contributed by atoms with Crippen molar-refractivity contribution in [2.45, 2.75) is 6.54 Å². The average Bonchev–Trinajstić information content (AvgIpc) is 2.61. The Hall–Kier alpha value is -3.21. The summed E-state index contributed by atoms with van der Waals surface area (Å²) in [5.74, 6) is -0.239. The number of hydrogen-bond donors (Lipinski definition) is 2. The van der Waals surface area contributed by atoms with Crippen LogP contribution in [0.25, 0.3) is 21.8 Å². The van der Waals surface area contributed by atoms with Crippen LogP contribution in [0.3, 0.4) is 0 Å². The van der Waals surface area contributed by atoms with Crippen molar-refractivity contribution in [3.8, 4) is 0 Å². The molecule has 5 heteroatoms. The van der Waals surface area contributed by atoms with Gasteiger partial charge in [-0.3, -0.25) is 4.79 Å². The van der Waals surface area contributed by atoms with Crippen molar-refractivity contribution in [2.24, 2.45) is 0 Å². The van der Waals surface area contributed by atoms with Gasteiger partial charge in [0, 0.05) is 40.2 Å². The van der Waals surface area contributed by atoms with E-state index in [1.807, 2.05) is 24.3 Å². The van der Waals surface area contributed by atoms with E-state index in [4.69, 9.17) is 0 Å². The van der Waals surface area contributed by atoms with Gasteiger partial charge in [0.15, 0.2) is 0 Å². The molecule has 4 aromatic rings. The van der Waals surface area contributed by atoms with Crippen molar-refractivity contribution in [2.75, 3.05) is 5.32 Å². The van der Waals surface area contributed by atoms with Crippen molar-refractivity contribution >= 4 is 27.5 Å². The first-order valence-corrected chi connectivity index (χ1v) is 7.60. The van der Waals surface area contributed by atoms with Gasteiger partial charge in [0.2, 0.25) is 0 Å². The summed E-state index contributed by atoms with van der Waals surface area (Å²) in [5.41, 5.74) is 1.80. The number of aromatic nitrogens is 2. The number of nitrogens with one attached hydrogen (secondary N) is 2. The second kappa shape index (κ2) is 5.77. The smallest absolute Gasteiger partial charge is 0.257 e. The zero-order chi connectivity index (χ0) is 16.5. The summed E-state index contributed by atoms with van der Waals surface area (Å²) in [4.78, 5) is 19.1. The number of fused-ring (bicyclic) bond motifs is 3. The fourth-order valence-corrected chi connectivity index (χ4v) is 2.81. The van der Waals surface area contributed by atoms with Crippen LogP contribution in [-0.2, 0) is 6.54 Å². The number of H-pyrrole nitrogens is 1. The molecule has 2 aromatic heterocycles. The van der Waals surface area contributed by atoms with E-state index in [0.717, 1.165) is 16.5 Å². The first-order chi connectivity index (χ1) is 11.7. The van der Waals surface area contributed by atoms with Gasteiger partial charge < -0.3 is 10.3 Å². The number of benzene rings is 2. The standard InChI is InChI=1S/C19H14FN3O/c20-17-6-2-1-4-12(17)11-22-13-7-8-15-16(10-13)14-5-3-9-21-18(14)23-19(15)24/h1-10,22H,11H2,(H,21,23,24). The first-order valence-electron chi connectivity index (χ1n) is 7.60. The number of halogens is 1. The molecule has 2 aromatic carbocycles. The molecule has 0 aliphatic rings. The van der Waals surface area contributed by atoms with Gasteiger partial charge in [0.1, 0.15) is 11.5 Å². The monoisotopic (exact) mass is 319 g/mol. The Kier molecular flexibility index (Phi) is 3.46. The van der Waals surface area contributed by atoms with Crippen LogP contribution in [0.15, 0.2) is 65.6 Å². The van der Waals surface area contributed by atoms with Crippen LogP contribution in [0, 0.1) is 5.82 Å². The van der Waals surface area contributed by atoms with Gasteiger partial charge in [-0.15, -0.1) is 0 Å². The lowest BCUT2D eigenvalue weighted by molar-refractivity contribution is 0.613. The van der Waals surface area contributed by atoms with E-state index in [9.17, 15) is 9.18 Å². The summed E-state index contributed by atoms with van der Waals surface area (Å²) >= 11 is 0. The molecule has 0 amide bonds. The molecule has 118 valence electrons. The molecule has 2 N–H and O–H groups in total. The van der Waals surface area contributed by atoms with Crippen molar-refractivity contribution in [3.05, 3.63) is 82.5 Å². The molecule has 0 saturated heterocycles. The number of hydrogen-bond acceptors (Lipinski definition) is 3. The minimum Gasteiger partial charge on any atom is -0.381 e. The molecule has 4 rings (SSSR count). The second-order valence-corrected chi connectivity index (χ2v) is 5.56. The highest BCUT2D eigenvalue weighted by atomic mass is 19.1. The first kappa shape index (κ1) is 14.4. The van der Waals surface area contributed by atoms with Gasteiger partial charge in [-0.1, -0.05) is 18.2 Å². The van der Waals surface area contributed by atoms with Crippen LogP contribution >= 0.6 is 0 Å². The Morgan fingerprint density at radius 1 is 1.00 bits per heavy atom. The molecule has 24 heavy (non-hydrogen) atoms. The number of nitrogens with zero attached hydrogens (tertiary/aromatic N) is 1. The van der Waals surface area contributed by atoms with Crippen molar-refractivity contribution in [1.29, 1.82) is 0 Å². The third-order valence-corrected chi connectivity index (χ3v) is 4.03. The van der Waals surface area contributed by atoms with Gasteiger partial charge in [-0.2, -0.15) is 0 Å². The van der Waals surface area contributed by atoms with Crippen LogP contribution in [0.2, 0.25) is 0 Å². The largest absolute Gasteiger partial charge is 0.381 e. The zero-order valence-electron chi connectivity index (χ0n) is 12.7. The highest BCUT2D eigenvalue weighted by molar-refractivity contribution is 6.05. The van der Waals surface area contributed by atoms with E-state index < -0.39 is 0 Å². The fourth-order valence-electron chi connectivity index (χ4n) is 2.81. The SMILES string of the molecule is O=c1[nH]c2ncccc2c2cc(NCc3ccccc3F)ccc12. The van der Waals surface area contributed by atoms with Crippen LogP contribution in [0.5, 0.6) is 0 Å². The van der Waals surface area contributed by atoms with Gasteiger partial charge >= 0.3 is 0 Å². The van der Waals surface area contributed by atoms with Gasteiger partial charge in [-0.25, -0.2) is 9.37 Å². The predicted octanol–water partition coefficient (Wildman–Crippen LogP) is 3.83. The topological polar surface area (TPSA) is 57.8 Å². The molecule has 0 spiro atoms. The number of aromatic amines is 1. The van der Waals surface area contributed by atoms with Crippen molar-refractivity contribution in [1.82, 2.24) is 9.97 Å². The van der Waals surface area contributed by atoms with E-state index in [1.54, 1.807) is 30.5 Å². The van der Waals surface area contributed by atoms with Gasteiger partial charge in [0.25, 0.3) is 5.56 Å². The maximum Gasteiger partial charge on any atom is 0.257 e. The molecule has 0 bridgehead atoms. The lowest BCUT2D eigenvalue weighted by atomic mass is 10.1. The Bertz CT molecular complexity index is 1100. The highest BCUT2D eigenvalue weighted by Crippen LogP contribution is 2.23. The van der Waals surface area contributed by atoms with Gasteiger partial charge in [0.05, 0.1) is 0 Å². The quantitative estimate of drug-likeness (QED) is 0.564. The van der Waals surface area contributed by atoms with Gasteiger partial charge in [-0.05, 0) is 36.4 Å². The Balaban J connectivity index is 1.76. The molecule has 0 radical (unpaired) electrons. The van der Waals surface area contributed by atoms with Crippen LogP contribution < -0.4 is 10.9 Å². The van der Waals surface area contributed by atoms with Crippen molar-refractivity contribution in [3.63, 3.8) is 0 Å². The molecule has 2 heterocycles. The number of pyridine rings is 2. The second-order valence-electron chi connectivity index (χ2n) is 5.56. The normalized spacial score (nSPS) is 11.0. The van der Waals surface area contributed by atoms with Crippen LogP contribution in [0.1, 0.15) is 5.56 Å².